The largest absolute Gasteiger partial charge is 0.457 e. The SMILES string of the molecule is CC(=O)OC1COC(OC2CCC34CC35CCC3(C)C6C(C)CC7OC6(OC7C(C)(C)O)C(O)C3(C)C5CCC4C2(C)C)C(O)C1O. The molecule has 2 bridgehead atoms. The summed E-state index contributed by atoms with van der Waals surface area (Å²) in [4.78, 5) is 11.5. The van der Waals surface area contributed by atoms with Crippen LogP contribution in [0.15, 0.2) is 0 Å². The second-order valence-electron chi connectivity index (χ2n) is 18.9. The van der Waals surface area contributed by atoms with Gasteiger partial charge in [-0.1, -0.05) is 34.6 Å². The molecule has 0 aromatic heterocycles. The number of carbonyl (C=O) groups is 1. The minimum absolute atomic E-state index is 0.0285. The van der Waals surface area contributed by atoms with Gasteiger partial charge in [-0.2, -0.15) is 0 Å². The number of aliphatic hydroxyl groups is 4. The lowest BCUT2D eigenvalue weighted by molar-refractivity contribution is -0.304. The van der Waals surface area contributed by atoms with Gasteiger partial charge in [0.15, 0.2) is 18.2 Å². The fraction of sp³-hybridized carbons (Fsp3) is 0.973. The fourth-order valence-corrected chi connectivity index (χ4v) is 14.3. The van der Waals surface area contributed by atoms with Crippen LogP contribution in [0.3, 0.4) is 0 Å². The van der Waals surface area contributed by atoms with Gasteiger partial charge in [0.1, 0.15) is 24.4 Å². The number of rotatable bonds is 4. The zero-order valence-corrected chi connectivity index (χ0v) is 29.5. The maximum Gasteiger partial charge on any atom is 0.303 e. The normalized spacial score (nSPS) is 58.8. The smallest absolute Gasteiger partial charge is 0.303 e. The van der Waals surface area contributed by atoms with Crippen LogP contribution in [0.25, 0.3) is 0 Å². The number of esters is 1. The van der Waals surface area contributed by atoms with E-state index in [1.165, 1.54) is 13.3 Å². The van der Waals surface area contributed by atoms with Gasteiger partial charge in [-0.3, -0.25) is 4.79 Å². The van der Waals surface area contributed by atoms with Gasteiger partial charge in [-0.15, -0.1) is 0 Å². The number of carbonyl (C=O) groups excluding carboxylic acids is 1. The maximum absolute atomic E-state index is 12.7. The molecule has 0 aromatic rings. The van der Waals surface area contributed by atoms with Gasteiger partial charge in [0.2, 0.25) is 0 Å². The third-order valence-electron chi connectivity index (χ3n) is 16.2. The summed E-state index contributed by atoms with van der Waals surface area (Å²) in [7, 11) is 0. The molecule has 0 radical (unpaired) electrons. The number of aliphatic hydroxyl groups excluding tert-OH is 3. The average Bonchev–Trinajstić information content (AvgIpc) is 3.49. The first kappa shape index (κ1) is 33.3. The molecule has 3 spiro atoms. The summed E-state index contributed by atoms with van der Waals surface area (Å²) in [5, 5.41) is 45.4. The van der Waals surface area contributed by atoms with Gasteiger partial charge in [0.05, 0.1) is 24.4 Å². The number of fused-ring (bicyclic) bond motifs is 4. The Bertz CT molecular complexity index is 1310. The standard InChI is InChI=1S/C37H58O10/c1-18-15-20-28(32(5,6)42)47-37(46-20)27(18)33(7)13-14-36-17-35(36)12-11-24(45-29-26(40)25(39)21(16-43-29)44-19(2)38)31(3,4)22(35)9-10-23(36)34(33,8)30(37)41/h18,20-30,39-42H,9-17H2,1-8H3. The van der Waals surface area contributed by atoms with Gasteiger partial charge < -0.3 is 44.1 Å². The summed E-state index contributed by atoms with van der Waals surface area (Å²) in [5.74, 6) is -0.500. The lowest BCUT2D eigenvalue weighted by Crippen LogP contribution is -2.61. The van der Waals surface area contributed by atoms with E-state index in [1.807, 2.05) is 0 Å². The highest BCUT2D eigenvalue weighted by molar-refractivity contribution is 5.66. The van der Waals surface area contributed by atoms with Crippen molar-refractivity contribution in [2.75, 3.05) is 6.61 Å². The molecule has 5 saturated carbocycles. The highest BCUT2D eigenvalue weighted by Gasteiger charge is 2.88. The van der Waals surface area contributed by atoms with Crippen LogP contribution in [-0.4, -0.2) is 93.4 Å². The van der Waals surface area contributed by atoms with Crippen molar-refractivity contribution < 1.29 is 48.9 Å². The Morgan fingerprint density at radius 3 is 2.28 bits per heavy atom. The predicted molar refractivity (Wildman–Crippen MR) is 168 cm³/mol. The van der Waals surface area contributed by atoms with E-state index in [0.717, 1.165) is 44.9 Å². The van der Waals surface area contributed by atoms with Crippen molar-refractivity contribution in [3.05, 3.63) is 0 Å². The first-order valence-corrected chi connectivity index (χ1v) is 18.4. The molecular formula is C37H58O10. The molecule has 8 rings (SSSR count). The topological polar surface area (TPSA) is 144 Å². The average molecular weight is 663 g/mol. The van der Waals surface area contributed by atoms with Crippen molar-refractivity contribution in [3.8, 4) is 0 Å². The van der Waals surface area contributed by atoms with Gasteiger partial charge >= 0.3 is 5.97 Å². The molecule has 8 aliphatic rings. The van der Waals surface area contributed by atoms with Crippen LogP contribution < -0.4 is 0 Å². The van der Waals surface area contributed by atoms with Crippen molar-refractivity contribution in [1.29, 1.82) is 0 Å². The summed E-state index contributed by atoms with van der Waals surface area (Å²) >= 11 is 0. The molecule has 47 heavy (non-hydrogen) atoms. The second-order valence-corrected chi connectivity index (χ2v) is 18.9. The van der Waals surface area contributed by atoms with Crippen molar-refractivity contribution in [2.45, 2.75) is 167 Å². The van der Waals surface area contributed by atoms with Crippen LogP contribution in [0, 0.1) is 50.7 Å². The Hall–Kier alpha value is -0.850. The van der Waals surface area contributed by atoms with Crippen LogP contribution in [0.2, 0.25) is 0 Å². The van der Waals surface area contributed by atoms with Crippen molar-refractivity contribution in [2.24, 2.45) is 50.7 Å². The Morgan fingerprint density at radius 1 is 0.915 bits per heavy atom. The van der Waals surface area contributed by atoms with Gasteiger partial charge in [-0.05, 0) is 105 Å². The highest BCUT2D eigenvalue weighted by Crippen LogP contribution is 2.90. The molecule has 10 heteroatoms. The van der Waals surface area contributed by atoms with E-state index < -0.39 is 59.6 Å². The van der Waals surface area contributed by atoms with Gasteiger partial charge in [0.25, 0.3) is 0 Å². The molecule has 3 aliphatic heterocycles. The van der Waals surface area contributed by atoms with E-state index >= 15 is 0 Å². The van der Waals surface area contributed by atoms with E-state index in [-0.39, 0.29) is 46.4 Å². The molecule has 17 atom stereocenters. The highest BCUT2D eigenvalue weighted by atomic mass is 16.8. The molecular weight excluding hydrogens is 604 g/mol. The van der Waals surface area contributed by atoms with Crippen LogP contribution in [0.4, 0.5) is 0 Å². The molecule has 4 N–H and O–H groups in total. The molecule has 10 nitrogen and oxygen atoms in total. The lowest BCUT2D eigenvalue weighted by Gasteiger charge is -2.63. The Morgan fingerprint density at radius 2 is 1.60 bits per heavy atom. The van der Waals surface area contributed by atoms with Crippen molar-refractivity contribution in [3.63, 3.8) is 0 Å². The zero-order chi connectivity index (χ0) is 33.9. The summed E-state index contributed by atoms with van der Waals surface area (Å²) < 4.78 is 31.2. The molecule has 8 fully saturated rings. The Kier molecular flexibility index (Phi) is 7.03. The maximum atomic E-state index is 12.7. The van der Waals surface area contributed by atoms with Crippen LogP contribution in [0.5, 0.6) is 0 Å². The minimum Gasteiger partial charge on any atom is -0.457 e. The molecule has 3 saturated heterocycles. The molecule has 0 amide bonds. The monoisotopic (exact) mass is 662 g/mol. The molecule has 266 valence electrons. The summed E-state index contributed by atoms with van der Waals surface area (Å²) in [6, 6.07) is 0. The number of hydrogen-bond donors (Lipinski definition) is 4. The second kappa shape index (κ2) is 9.93. The van der Waals surface area contributed by atoms with E-state index in [4.69, 9.17) is 23.7 Å². The van der Waals surface area contributed by atoms with Crippen LogP contribution in [-0.2, 0) is 28.5 Å². The third-order valence-corrected chi connectivity index (χ3v) is 16.2. The third kappa shape index (κ3) is 3.94. The van der Waals surface area contributed by atoms with Crippen molar-refractivity contribution in [1.82, 2.24) is 0 Å². The van der Waals surface area contributed by atoms with E-state index in [9.17, 15) is 25.2 Å². The fourth-order valence-electron chi connectivity index (χ4n) is 14.3. The first-order valence-electron chi connectivity index (χ1n) is 18.4. The van der Waals surface area contributed by atoms with Gasteiger partial charge in [-0.25, -0.2) is 0 Å². The molecule has 5 aliphatic carbocycles. The van der Waals surface area contributed by atoms with Crippen LogP contribution >= 0.6 is 0 Å². The summed E-state index contributed by atoms with van der Waals surface area (Å²) in [6.07, 6.45) is 1.93. The molecule has 0 aromatic carbocycles. The van der Waals surface area contributed by atoms with E-state index in [1.54, 1.807) is 13.8 Å². The summed E-state index contributed by atoms with van der Waals surface area (Å²) in [5.41, 5.74) is -1.51. The lowest BCUT2D eigenvalue weighted by atomic mass is 9.41. The van der Waals surface area contributed by atoms with Crippen LogP contribution in [0.1, 0.15) is 107 Å². The van der Waals surface area contributed by atoms with E-state index in [0.29, 0.717) is 17.8 Å². The molecule has 3 heterocycles. The zero-order valence-electron chi connectivity index (χ0n) is 29.5. The minimum atomic E-state index is -1.32. The Labute approximate surface area is 279 Å². The number of ether oxygens (including phenoxy) is 5. The van der Waals surface area contributed by atoms with E-state index in [2.05, 4.69) is 34.6 Å². The first-order chi connectivity index (χ1) is 21.8. The molecule has 17 unspecified atom stereocenters. The van der Waals surface area contributed by atoms with Crippen molar-refractivity contribution >= 4 is 5.97 Å². The Balaban J connectivity index is 1.06. The summed E-state index contributed by atoms with van der Waals surface area (Å²) in [6.45, 7) is 16.5. The van der Waals surface area contributed by atoms with Gasteiger partial charge in [0, 0.05) is 18.3 Å². The predicted octanol–water partition coefficient (Wildman–Crippen LogP) is 3.69. The number of hydrogen-bond acceptors (Lipinski definition) is 10. The quantitative estimate of drug-likeness (QED) is 0.260.